The Hall–Kier alpha value is -1.68. The van der Waals surface area contributed by atoms with Gasteiger partial charge in [-0.05, 0) is 30.0 Å². The maximum atomic E-state index is 12.0. The third-order valence-corrected chi connectivity index (χ3v) is 3.77. The highest BCUT2D eigenvalue weighted by Crippen LogP contribution is 2.35. The van der Waals surface area contributed by atoms with Crippen LogP contribution in [0.15, 0.2) is 24.3 Å². The van der Waals surface area contributed by atoms with Gasteiger partial charge in [0.05, 0.1) is 6.10 Å². The van der Waals surface area contributed by atoms with Gasteiger partial charge in [-0.3, -0.25) is 9.59 Å². The minimum atomic E-state index is -0.896. The van der Waals surface area contributed by atoms with E-state index >= 15 is 0 Å². The fraction of sp³-hybridized carbons (Fsp3) is 0.467. The van der Waals surface area contributed by atoms with Gasteiger partial charge in [-0.25, -0.2) is 0 Å². The number of rotatable bonds is 3. The lowest BCUT2D eigenvalue weighted by Gasteiger charge is -2.31. The van der Waals surface area contributed by atoms with Crippen LogP contribution < -0.4 is 0 Å². The molecule has 19 heavy (non-hydrogen) atoms. The SMILES string of the molecule is CCC(=O)C1C(=O)CC(c2ccc(O)cc2)CC1O. The van der Waals surface area contributed by atoms with Gasteiger partial charge in [0.15, 0.2) is 0 Å². The van der Waals surface area contributed by atoms with E-state index in [1.165, 1.54) is 0 Å². The number of aliphatic hydroxyl groups is 1. The zero-order valence-electron chi connectivity index (χ0n) is 10.9. The van der Waals surface area contributed by atoms with Crippen LogP contribution in [0.1, 0.15) is 37.7 Å². The molecule has 0 saturated heterocycles. The van der Waals surface area contributed by atoms with E-state index in [1.54, 1.807) is 31.2 Å². The van der Waals surface area contributed by atoms with Gasteiger partial charge in [-0.15, -0.1) is 0 Å². The van der Waals surface area contributed by atoms with Gasteiger partial charge in [0.1, 0.15) is 23.2 Å². The molecule has 0 spiro atoms. The molecule has 2 rings (SSSR count). The van der Waals surface area contributed by atoms with Gasteiger partial charge in [0.2, 0.25) is 0 Å². The fourth-order valence-electron chi connectivity index (χ4n) is 2.71. The minimum absolute atomic E-state index is 0.0796. The molecular weight excluding hydrogens is 244 g/mol. The lowest BCUT2D eigenvalue weighted by atomic mass is 9.74. The molecule has 0 bridgehead atoms. The summed E-state index contributed by atoms with van der Waals surface area (Å²) < 4.78 is 0. The summed E-state index contributed by atoms with van der Waals surface area (Å²) in [7, 11) is 0. The first-order valence-electron chi connectivity index (χ1n) is 6.55. The Morgan fingerprint density at radius 2 is 1.95 bits per heavy atom. The van der Waals surface area contributed by atoms with E-state index in [0.29, 0.717) is 6.42 Å². The third kappa shape index (κ3) is 2.84. The van der Waals surface area contributed by atoms with Crippen molar-refractivity contribution in [2.45, 2.75) is 38.2 Å². The maximum absolute atomic E-state index is 12.0. The van der Waals surface area contributed by atoms with Gasteiger partial charge in [-0.1, -0.05) is 19.1 Å². The number of benzene rings is 1. The van der Waals surface area contributed by atoms with Crippen LogP contribution in [0.4, 0.5) is 0 Å². The van der Waals surface area contributed by atoms with Gasteiger partial charge in [-0.2, -0.15) is 0 Å². The molecule has 1 fully saturated rings. The predicted octanol–water partition coefficient (Wildman–Crippen LogP) is 1.79. The summed E-state index contributed by atoms with van der Waals surface area (Å²) in [5.74, 6) is -1.11. The first-order chi connectivity index (χ1) is 9.02. The molecule has 1 aliphatic carbocycles. The molecule has 4 nitrogen and oxygen atoms in total. The van der Waals surface area contributed by atoms with E-state index < -0.39 is 12.0 Å². The quantitative estimate of drug-likeness (QED) is 0.814. The largest absolute Gasteiger partial charge is 0.508 e. The van der Waals surface area contributed by atoms with Crippen molar-refractivity contribution in [3.05, 3.63) is 29.8 Å². The van der Waals surface area contributed by atoms with E-state index in [9.17, 15) is 19.8 Å². The van der Waals surface area contributed by atoms with E-state index in [-0.39, 0.29) is 36.1 Å². The van der Waals surface area contributed by atoms with Crippen molar-refractivity contribution >= 4 is 11.6 Å². The van der Waals surface area contributed by atoms with Crippen LogP contribution in [0.3, 0.4) is 0 Å². The first-order valence-corrected chi connectivity index (χ1v) is 6.55. The van der Waals surface area contributed by atoms with Crippen LogP contribution in [0.5, 0.6) is 5.75 Å². The lowest BCUT2D eigenvalue weighted by molar-refractivity contribution is -0.140. The number of aliphatic hydroxyl groups excluding tert-OH is 1. The van der Waals surface area contributed by atoms with Crippen LogP contribution in [-0.4, -0.2) is 27.9 Å². The molecule has 3 atom stereocenters. The number of aromatic hydroxyl groups is 1. The Balaban J connectivity index is 2.15. The summed E-state index contributed by atoms with van der Waals surface area (Å²) in [5, 5.41) is 19.3. The molecule has 102 valence electrons. The summed E-state index contributed by atoms with van der Waals surface area (Å²) in [5.41, 5.74) is 0.910. The van der Waals surface area contributed by atoms with Crippen molar-refractivity contribution in [2.24, 2.45) is 5.92 Å². The molecule has 1 aliphatic rings. The minimum Gasteiger partial charge on any atom is -0.508 e. The Morgan fingerprint density at radius 1 is 1.32 bits per heavy atom. The zero-order chi connectivity index (χ0) is 14.0. The summed E-state index contributed by atoms with van der Waals surface area (Å²) in [6.45, 7) is 1.70. The molecule has 3 unspecified atom stereocenters. The number of ketones is 2. The second-order valence-electron chi connectivity index (χ2n) is 5.06. The Labute approximate surface area is 112 Å². The van der Waals surface area contributed by atoms with Crippen LogP contribution in [0.25, 0.3) is 0 Å². The van der Waals surface area contributed by atoms with E-state index in [0.717, 1.165) is 5.56 Å². The number of phenolic OH excluding ortho intramolecular Hbond substituents is 1. The summed E-state index contributed by atoms with van der Waals surface area (Å²) in [4.78, 5) is 23.7. The van der Waals surface area contributed by atoms with Gasteiger partial charge in [0.25, 0.3) is 0 Å². The van der Waals surface area contributed by atoms with E-state index in [2.05, 4.69) is 0 Å². The topological polar surface area (TPSA) is 74.6 Å². The first kappa shape index (κ1) is 13.7. The average molecular weight is 262 g/mol. The number of carbonyl (C=O) groups excluding carboxylic acids is 2. The van der Waals surface area contributed by atoms with Crippen LogP contribution in [-0.2, 0) is 9.59 Å². The molecule has 1 saturated carbocycles. The molecule has 1 aromatic carbocycles. The Morgan fingerprint density at radius 3 is 2.47 bits per heavy atom. The second kappa shape index (κ2) is 5.53. The molecular formula is C15H18O4. The lowest BCUT2D eigenvalue weighted by Crippen LogP contribution is -2.40. The zero-order valence-corrected chi connectivity index (χ0v) is 10.9. The summed E-state index contributed by atoms with van der Waals surface area (Å²) in [6.07, 6.45) is 0.0650. The predicted molar refractivity (Wildman–Crippen MR) is 69.9 cm³/mol. The van der Waals surface area contributed by atoms with Gasteiger partial charge < -0.3 is 10.2 Å². The van der Waals surface area contributed by atoms with Crippen molar-refractivity contribution in [2.75, 3.05) is 0 Å². The smallest absolute Gasteiger partial charge is 0.146 e. The maximum Gasteiger partial charge on any atom is 0.146 e. The summed E-state index contributed by atoms with van der Waals surface area (Å²) >= 11 is 0. The summed E-state index contributed by atoms with van der Waals surface area (Å²) in [6, 6.07) is 6.63. The number of carbonyl (C=O) groups is 2. The molecule has 0 amide bonds. The number of Topliss-reactive ketones (excluding diaryl/α,β-unsaturated/α-hetero) is 2. The van der Waals surface area contributed by atoms with Crippen molar-refractivity contribution < 1.29 is 19.8 Å². The fourth-order valence-corrected chi connectivity index (χ4v) is 2.71. The van der Waals surface area contributed by atoms with Crippen LogP contribution >= 0.6 is 0 Å². The number of hydrogen-bond acceptors (Lipinski definition) is 4. The molecule has 4 heteroatoms. The molecule has 0 radical (unpaired) electrons. The van der Waals surface area contributed by atoms with Crippen molar-refractivity contribution in [1.82, 2.24) is 0 Å². The second-order valence-corrected chi connectivity index (χ2v) is 5.06. The van der Waals surface area contributed by atoms with Gasteiger partial charge in [0, 0.05) is 12.8 Å². The molecule has 0 aliphatic heterocycles. The highest BCUT2D eigenvalue weighted by atomic mass is 16.3. The normalized spacial score (nSPS) is 27.3. The standard InChI is InChI=1S/C15H18O4/c1-2-12(17)15-13(18)7-10(8-14(15)19)9-3-5-11(16)6-4-9/h3-6,10,13,15-16,18H,2,7-8H2,1H3. The number of phenols is 1. The van der Waals surface area contributed by atoms with Crippen molar-refractivity contribution in [1.29, 1.82) is 0 Å². The third-order valence-electron chi connectivity index (χ3n) is 3.77. The van der Waals surface area contributed by atoms with Crippen molar-refractivity contribution in [3.8, 4) is 5.75 Å². The van der Waals surface area contributed by atoms with E-state index in [4.69, 9.17) is 0 Å². The molecule has 1 aromatic rings. The Kier molecular flexibility index (Phi) is 4.00. The van der Waals surface area contributed by atoms with Crippen LogP contribution in [0.2, 0.25) is 0 Å². The van der Waals surface area contributed by atoms with Gasteiger partial charge >= 0.3 is 0 Å². The van der Waals surface area contributed by atoms with Crippen LogP contribution in [0, 0.1) is 5.92 Å². The highest BCUT2D eigenvalue weighted by molar-refractivity contribution is 6.03. The average Bonchev–Trinajstić information content (AvgIpc) is 2.38. The van der Waals surface area contributed by atoms with Crippen molar-refractivity contribution in [3.63, 3.8) is 0 Å². The molecule has 0 aromatic heterocycles. The molecule has 0 heterocycles. The highest BCUT2D eigenvalue weighted by Gasteiger charge is 2.39. The number of hydrogen-bond donors (Lipinski definition) is 2. The molecule has 2 N–H and O–H groups in total. The van der Waals surface area contributed by atoms with E-state index in [1.807, 2.05) is 0 Å². The Bertz CT molecular complexity index is 477. The monoisotopic (exact) mass is 262 g/mol.